The molecule has 10 atom stereocenters. The average molecular weight is 481 g/mol. The number of aliphatic hydroxyl groups is 6. The molecule has 10 unspecified atom stereocenters. The summed E-state index contributed by atoms with van der Waals surface area (Å²) in [6.07, 6.45) is -9.26. The van der Waals surface area contributed by atoms with Gasteiger partial charge < -0.3 is 49.6 Å². The highest BCUT2D eigenvalue weighted by Crippen LogP contribution is 2.35. The summed E-state index contributed by atoms with van der Waals surface area (Å²) < 4.78 is 23.4. The average Bonchev–Trinajstić information content (AvgIpc) is 2.83. The van der Waals surface area contributed by atoms with Gasteiger partial charge in [0.1, 0.15) is 48.8 Å². The van der Waals surface area contributed by atoms with E-state index in [-0.39, 0.29) is 5.92 Å². The van der Waals surface area contributed by atoms with Crippen molar-refractivity contribution in [2.45, 2.75) is 127 Å². The topological polar surface area (TPSA) is 158 Å². The van der Waals surface area contributed by atoms with Crippen LogP contribution < -0.4 is 0 Å². The quantitative estimate of drug-likeness (QED) is 0.232. The van der Waals surface area contributed by atoms with Gasteiger partial charge in [-0.1, -0.05) is 40.5 Å². The van der Waals surface area contributed by atoms with Gasteiger partial charge in [0.05, 0.1) is 24.9 Å². The Hall–Kier alpha value is -0.400. The fraction of sp³-hybridized carbons (Fsp3) is 1.00. The Morgan fingerprint density at radius 3 is 1.76 bits per heavy atom. The fourth-order valence-electron chi connectivity index (χ4n) is 4.64. The lowest BCUT2D eigenvalue weighted by atomic mass is 9.85. The van der Waals surface area contributed by atoms with E-state index in [2.05, 4.69) is 0 Å². The van der Waals surface area contributed by atoms with Crippen LogP contribution in [0.2, 0.25) is 0 Å². The molecule has 2 aliphatic rings. The van der Waals surface area contributed by atoms with Crippen LogP contribution >= 0.6 is 0 Å². The highest BCUT2D eigenvalue weighted by atomic mass is 16.7. The molecule has 0 amide bonds. The van der Waals surface area contributed by atoms with E-state index in [4.69, 9.17) is 18.9 Å². The summed E-state index contributed by atoms with van der Waals surface area (Å²) in [5, 5.41) is 62.7. The molecule has 2 heterocycles. The minimum absolute atomic E-state index is 0.0221. The van der Waals surface area contributed by atoms with Crippen LogP contribution in [0.3, 0.4) is 0 Å². The van der Waals surface area contributed by atoms with E-state index in [1.165, 1.54) is 0 Å². The van der Waals surface area contributed by atoms with Crippen molar-refractivity contribution in [2.24, 2.45) is 5.92 Å². The summed E-state index contributed by atoms with van der Waals surface area (Å²) in [6, 6.07) is 0. The standard InChI is InChI=1S/C23H44O10/c1-6-12(7-2)19-15(26)16(27)20(13(10-24)30-19)32-22-18(29)17(28)21(14(11-25)31-22)33-23(5,8-3)9-4/h12-22,24-29H,6-11H2,1-5H3. The second-order valence-electron chi connectivity index (χ2n) is 9.43. The number of hydrogen-bond acceptors (Lipinski definition) is 10. The molecular weight excluding hydrogens is 436 g/mol. The van der Waals surface area contributed by atoms with Crippen molar-refractivity contribution in [1.82, 2.24) is 0 Å². The fourth-order valence-corrected chi connectivity index (χ4v) is 4.64. The maximum Gasteiger partial charge on any atom is 0.187 e. The van der Waals surface area contributed by atoms with Crippen molar-refractivity contribution in [3.05, 3.63) is 0 Å². The first-order chi connectivity index (χ1) is 15.6. The second-order valence-corrected chi connectivity index (χ2v) is 9.43. The molecule has 0 radical (unpaired) electrons. The van der Waals surface area contributed by atoms with Crippen LogP contribution in [0, 0.1) is 5.92 Å². The molecule has 0 aliphatic carbocycles. The first-order valence-corrected chi connectivity index (χ1v) is 12.2. The van der Waals surface area contributed by atoms with Crippen LogP contribution in [-0.2, 0) is 18.9 Å². The first kappa shape index (κ1) is 28.8. The highest BCUT2D eigenvalue weighted by Gasteiger charge is 2.52. The second kappa shape index (κ2) is 12.5. The molecule has 0 bridgehead atoms. The van der Waals surface area contributed by atoms with Crippen LogP contribution in [0.1, 0.15) is 60.3 Å². The first-order valence-electron chi connectivity index (χ1n) is 12.2. The van der Waals surface area contributed by atoms with Gasteiger partial charge in [0.15, 0.2) is 6.29 Å². The molecule has 0 aromatic carbocycles. The van der Waals surface area contributed by atoms with Crippen LogP contribution in [0.4, 0.5) is 0 Å². The van der Waals surface area contributed by atoms with Gasteiger partial charge in [0.2, 0.25) is 0 Å². The van der Waals surface area contributed by atoms with Gasteiger partial charge in [0.25, 0.3) is 0 Å². The third-order valence-corrected chi connectivity index (χ3v) is 7.44. The predicted octanol–water partition coefficient (Wildman–Crippen LogP) is -0.308. The Morgan fingerprint density at radius 2 is 1.27 bits per heavy atom. The molecule has 2 aliphatic heterocycles. The number of rotatable bonds is 11. The maximum absolute atomic E-state index is 10.8. The van der Waals surface area contributed by atoms with E-state index < -0.39 is 80.0 Å². The molecule has 33 heavy (non-hydrogen) atoms. The lowest BCUT2D eigenvalue weighted by Gasteiger charge is -2.49. The van der Waals surface area contributed by atoms with Gasteiger partial charge >= 0.3 is 0 Å². The third-order valence-electron chi connectivity index (χ3n) is 7.44. The molecule has 196 valence electrons. The molecule has 0 aromatic heterocycles. The van der Waals surface area contributed by atoms with Gasteiger partial charge in [-0.3, -0.25) is 0 Å². The molecule has 6 N–H and O–H groups in total. The zero-order valence-electron chi connectivity index (χ0n) is 20.4. The minimum Gasteiger partial charge on any atom is -0.394 e. The van der Waals surface area contributed by atoms with Gasteiger partial charge in [-0.05, 0) is 25.7 Å². The van der Waals surface area contributed by atoms with E-state index >= 15 is 0 Å². The van der Waals surface area contributed by atoms with Crippen molar-refractivity contribution in [3.63, 3.8) is 0 Å². The Labute approximate surface area is 196 Å². The summed E-state index contributed by atoms with van der Waals surface area (Å²) in [5.41, 5.74) is -0.584. The van der Waals surface area contributed by atoms with Gasteiger partial charge in [0, 0.05) is 0 Å². The molecule has 2 fully saturated rings. The van der Waals surface area contributed by atoms with E-state index in [9.17, 15) is 30.6 Å². The monoisotopic (exact) mass is 480 g/mol. The summed E-state index contributed by atoms with van der Waals surface area (Å²) >= 11 is 0. The number of ether oxygens (including phenoxy) is 4. The molecule has 2 saturated heterocycles. The molecule has 10 heteroatoms. The van der Waals surface area contributed by atoms with Crippen molar-refractivity contribution in [2.75, 3.05) is 13.2 Å². The SMILES string of the molecule is CCC(CC)C1OC(CO)C(OC2OC(CO)C(OC(C)(CC)CC)C(O)C2O)C(O)C1O. The van der Waals surface area contributed by atoms with Crippen LogP contribution in [0.15, 0.2) is 0 Å². The van der Waals surface area contributed by atoms with Crippen LogP contribution in [-0.4, -0.2) is 111 Å². The van der Waals surface area contributed by atoms with Crippen molar-refractivity contribution >= 4 is 0 Å². The van der Waals surface area contributed by atoms with Crippen molar-refractivity contribution < 1.29 is 49.6 Å². The number of aliphatic hydroxyl groups excluding tert-OH is 6. The summed E-state index contributed by atoms with van der Waals surface area (Å²) in [7, 11) is 0. The van der Waals surface area contributed by atoms with Crippen LogP contribution in [0.5, 0.6) is 0 Å². The van der Waals surface area contributed by atoms with E-state index in [1.807, 2.05) is 34.6 Å². The van der Waals surface area contributed by atoms with Crippen molar-refractivity contribution in [1.29, 1.82) is 0 Å². The number of hydrogen-bond donors (Lipinski definition) is 6. The van der Waals surface area contributed by atoms with Crippen molar-refractivity contribution in [3.8, 4) is 0 Å². The zero-order chi connectivity index (χ0) is 24.9. The Kier molecular flexibility index (Phi) is 10.9. The Morgan fingerprint density at radius 1 is 0.758 bits per heavy atom. The van der Waals surface area contributed by atoms with E-state index in [0.717, 1.165) is 12.8 Å². The largest absolute Gasteiger partial charge is 0.394 e. The molecular formula is C23H44O10. The third kappa shape index (κ3) is 6.24. The Balaban J connectivity index is 2.18. The summed E-state index contributed by atoms with van der Waals surface area (Å²) in [5.74, 6) is -0.0221. The van der Waals surface area contributed by atoms with Gasteiger partial charge in [-0.25, -0.2) is 0 Å². The lowest BCUT2D eigenvalue weighted by molar-refractivity contribution is -0.353. The maximum atomic E-state index is 10.8. The summed E-state index contributed by atoms with van der Waals surface area (Å²) in [4.78, 5) is 0. The van der Waals surface area contributed by atoms with Gasteiger partial charge in [-0.2, -0.15) is 0 Å². The zero-order valence-corrected chi connectivity index (χ0v) is 20.4. The summed E-state index contributed by atoms with van der Waals surface area (Å²) in [6.45, 7) is 8.68. The predicted molar refractivity (Wildman–Crippen MR) is 118 cm³/mol. The highest BCUT2D eigenvalue weighted by molar-refractivity contribution is 4.97. The Bertz CT molecular complexity index is 565. The smallest absolute Gasteiger partial charge is 0.187 e. The van der Waals surface area contributed by atoms with Gasteiger partial charge in [-0.15, -0.1) is 0 Å². The van der Waals surface area contributed by atoms with E-state index in [0.29, 0.717) is 12.8 Å². The molecule has 0 saturated carbocycles. The minimum atomic E-state index is -1.56. The van der Waals surface area contributed by atoms with E-state index in [1.54, 1.807) is 0 Å². The molecule has 0 spiro atoms. The molecule has 2 rings (SSSR count). The van der Waals surface area contributed by atoms with Crippen LogP contribution in [0.25, 0.3) is 0 Å². The molecule has 0 aromatic rings. The normalized spacial score (nSPS) is 40.4. The lowest BCUT2D eigenvalue weighted by Crippen LogP contribution is -2.66. The molecule has 10 nitrogen and oxygen atoms in total.